The molecule has 1 aromatic carbocycles. The van der Waals surface area contributed by atoms with E-state index in [4.69, 9.17) is 16.6 Å². The monoisotopic (exact) mass is 388 g/mol. The maximum absolute atomic E-state index is 12.5. The number of hydrogen-bond donors (Lipinski definition) is 0. The summed E-state index contributed by atoms with van der Waals surface area (Å²) in [6.07, 6.45) is 5.10. The fourth-order valence-electron chi connectivity index (χ4n) is 3.46. The molecule has 5 nitrogen and oxygen atoms in total. The van der Waals surface area contributed by atoms with Crippen molar-refractivity contribution in [3.63, 3.8) is 0 Å². The zero-order valence-corrected chi connectivity index (χ0v) is 16.3. The van der Waals surface area contributed by atoms with Gasteiger partial charge < -0.3 is 4.90 Å². The number of carbonyl (C=O) groups is 1. The van der Waals surface area contributed by atoms with Gasteiger partial charge in [0, 0.05) is 50.1 Å². The molecular weight excluding hydrogens is 368 g/mol. The molecule has 0 atom stereocenters. The van der Waals surface area contributed by atoms with Crippen LogP contribution in [0, 0.1) is 0 Å². The standard InChI is InChI=1S/C19H21ClN4OS/c1-23-9-8-15(22-23)3-5-18(25)24-10-6-13(7-11-24)19-21-16-12-14(20)2-4-17(16)26-19/h2,4,8-9,12-13H,3,5-7,10-11H2,1H3. The first kappa shape index (κ1) is 17.5. The number of amides is 1. The highest BCUT2D eigenvalue weighted by atomic mass is 35.5. The number of nitrogens with zero attached hydrogens (tertiary/aromatic N) is 4. The third kappa shape index (κ3) is 3.76. The number of aryl methyl sites for hydroxylation is 2. The fourth-order valence-corrected chi connectivity index (χ4v) is 4.74. The molecule has 136 valence electrons. The van der Waals surface area contributed by atoms with Crippen LogP contribution in [0.5, 0.6) is 0 Å². The summed E-state index contributed by atoms with van der Waals surface area (Å²) in [6, 6.07) is 7.84. The van der Waals surface area contributed by atoms with Crippen molar-refractivity contribution in [3.05, 3.63) is 46.2 Å². The van der Waals surface area contributed by atoms with Gasteiger partial charge in [0.2, 0.25) is 5.91 Å². The number of benzene rings is 1. The van der Waals surface area contributed by atoms with E-state index < -0.39 is 0 Å². The highest BCUT2D eigenvalue weighted by molar-refractivity contribution is 7.18. The molecule has 1 aliphatic heterocycles. The van der Waals surface area contributed by atoms with E-state index >= 15 is 0 Å². The number of likely N-dealkylation sites (tertiary alicyclic amines) is 1. The van der Waals surface area contributed by atoms with Crippen LogP contribution in [0.25, 0.3) is 10.2 Å². The molecule has 1 amide bonds. The van der Waals surface area contributed by atoms with Gasteiger partial charge >= 0.3 is 0 Å². The van der Waals surface area contributed by atoms with Crippen LogP contribution in [0.1, 0.15) is 35.9 Å². The Bertz CT molecular complexity index is 927. The Morgan fingerprint density at radius 2 is 2.12 bits per heavy atom. The Labute approximate surface area is 161 Å². The van der Waals surface area contributed by atoms with Crippen molar-refractivity contribution < 1.29 is 4.79 Å². The van der Waals surface area contributed by atoms with Gasteiger partial charge in [0.25, 0.3) is 0 Å². The van der Waals surface area contributed by atoms with Crippen molar-refractivity contribution in [3.8, 4) is 0 Å². The van der Waals surface area contributed by atoms with Crippen LogP contribution in [0.4, 0.5) is 0 Å². The normalized spacial score (nSPS) is 15.7. The molecule has 2 aromatic heterocycles. The molecule has 0 bridgehead atoms. The summed E-state index contributed by atoms with van der Waals surface area (Å²) in [7, 11) is 1.89. The maximum atomic E-state index is 12.5. The largest absolute Gasteiger partial charge is 0.343 e. The Kier molecular flexibility index (Phi) is 4.96. The van der Waals surface area contributed by atoms with Crippen molar-refractivity contribution in [2.24, 2.45) is 7.05 Å². The lowest BCUT2D eigenvalue weighted by atomic mass is 9.97. The zero-order chi connectivity index (χ0) is 18.1. The fraction of sp³-hybridized carbons (Fsp3) is 0.421. The van der Waals surface area contributed by atoms with Crippen LogP contribution in [-0.4, -0.2) is 38.7 Å². The molecule has 3 heterocycles. The smallest absolute Gasteiger partial charge is 0.222 e. The summed E-state index contributed by atoms with van der Waals surface area (Å²) >= 11 is 7.81. The lowest BCUT2D eigenvalue weighted by molar-refractivity contribution is -0.132. The Morgan fingerprint density at radius 3 is 2.85 bits per heavy atom. The molecular formula is C19H21ClN4OS. The van der Waals surface area contributed by atoms with Gasteiger partial charge in [-0.3, -0.25) is 9.48 Å². The molecule has 0 unspecified atom stereocenters. The predicted octanol–water partition coefficient (Wildman–Crippen LogP) is 4.02. The zero-order valence-electron chi connectivity index (χ0n) is 14.7. The van der Waals surface area contributed by atoms with Crippen molar-refractivity contribution in [2.75, 3.05) is 13.1 Å². The van der Waals surface area contributed by atoms with Crippen molar-refractivity contribution in [1.82, 2.24) is 19.7 Å². The average Bonchev–Trinajstić information content (AvgIpc) is 3.25. The SMILES string of the molecule is Cn1ccc(CCC(=O)N2CCC(c3nc4cc(Cl)ccc4s3)CC2)n1. The first-order valence-electron chi connectivity index (χ1n) is 8.91. The van der Waals surface area contributed by atoms with E-state index in [1.807, 2.05) is 42.4 Å². The Hall–Kier alpha value is -1.92. The van der Waals surface area contributed by atoms with Crippen molar-refractivity contribution in [2.45, 2.75) is 31.6 Å². The Morgan fingerprint density at radius 1 is 1.31 bits per heavy atom. The quantitative estimate of drug-likeness (QED) is 0.678. The van der Waals surface area contributed by atoms with Crippen molar-refractivity contribution >= 4 is 39.1 Å². The number of carbonyl (C=O) groups excluding carboxylic acids is 1. The molecule has 1 saturated heterocycles. The first-order chi connectivity index (χ1) is 12.6. The molecule has 1 aliphatic rings. The maximum Gasteiger partial charge on any atom is 0.222 e. The first-order valence-corrected chi connectivity index (χ1v) is 10.1. The topological polar surface area (TPSA) is 51.0 Å². The second kappa shape index (κ2) is 7.37. The molecule has 0 radical (unpaired) electrons. The second-order valence-electron chi connectivity index (χ2n) is 6.80. The highest BCUT2D eigenvalue weighted by Gasteiger charge is 2.25. The highest BCUT2D eigenvalue weighted by Crippen LogP contribution is 2.34. The number of piperidine rings is 1. The van der Waals surface area contributed by atoms with Crippen molar-refractivity contribution in [1.29, 1.82) is 0 Å². The molecule has 0 spiro atoms. The van der Waals surface area contributed by atoms with Gasteiger partial charge in [-0.05, 0) is 37.1 Å². The van der Waals surface area contributed by atoms with Crippen LogP contribution >= 0.6 is 22.9 Å². The average molecular weight is 389 g/mol. The third-order valence-corrected chi connectivity index (χ3v) is 6.36. The van der Waals surface area contributed by atoms with Gasteiger partial charge in [-0.2, -0.15) is 5.10 Å². The van der Waals surface area contributed by atoms with E-state index in [1.165, 1.54) is 9.71 Å². The number of aromatic nitrogens is 3. The molecule has 0 N–H and O–H groups in total. The molecule has 0 aliphatic carbocycles. The second-order valence-corrected chi connectivity index (χ2v) is 8.30. The summed E-state index contributed by atoms with van der Waals surface area (Å²) in [4.78, 5) is 19.2. The molecule has 26 heavy (non-hydrogen) atoms. The third-order valence-electron chi connectivity index (χ3n) is 4.93. The lowest BCUT2D eigenvalue weighted by Crippen LogP contribution is -2.38. The van der Waals surface area contributed by atoms with Crippen LogP contribution in [0.15, 0.2) is 30.5 Å². The minimum Gasteiger partial charge on any atom is -0.343 e. The van der Waals surface area contributed by atoms with E-state index in [0.717, 1.165) is 42.2 Å². The van der Waals surface area contributed by atoms with Crippen LogP contribution in [0.2, 0.25) is 5.02 Å². The van der Waals surface area contributed by atoms with Gasteiger partial charge in [0.15, 0.2) is 0 Å². The molecule has 1 fully saturated rings. The Balaban J connectivity index is 1.33. The van der Waals surface area contributed by atoms with E-state index in [9.17, 15) is 4.79 Å². The molecule has 0 saturated carbocycles. The molecule has 7 heteroatoms. The van der Waals surface area contributed by atoms with E-state index in [0.29, 0.717) is 18.8 Å². The minimum absolute atomic E-state index is 0.227. The summed E-state index contributed by atoms with van der Waals surface area (Å²) in [5.74, 6) is 0.663. The number of thiazole rings is 1. The number of halogens is 1. The van der Waals surface area contributed by atoms with E-state index in [-0.39, 0.29) is 5.91 Å². The number of hydrogen-bond acceptors (Lipinski definition) is 4. The van der Waals surface area contributed by atoms with Gasteiger partial charge in [0.05, 0.1) is 20.9 Å². The van der Waals surface area contributed by atoms with E-state index in [1.54, 1.807) is 16.0 Å². The van der Waals surface area contributed by atoms with Gasteiger partial charge in [0.1, 0.15) is 0 Å². The van der Waals surface area contributed by atoms with Crippen LogP contribution in [-0.2, 0) is 18.3 Å². The minimum atomic E-state index is 0.227. The van der Waals surface area contributed by atoms with E-state index in [2.05, 4.69) is 5.10 Å². The van der Waals surface area contributed by atoms with Crippen LogP contribution in [0.3, 0.4) is 0 Å². The van der Waals surface area contributed by atoms with Gasteiger partial charge in [-0.1, -0.05) is 11.6 Å². The summed E-state index contributed by atoms with van der Waals surface area (Å²) in [5.41, 5.74) is 1.95. The molecule has 4 rings (SSSR count). The number of rotatable bonds is 4. The summed E-state index contributed by atoms with van der Waals surface area (Å²) in [5, 5.41) is 6.23. The van der Waals surface area contributed by atoms with Gasteiger partial charge in [-0.25, -0.2) is 4.98 Å². The summed E-state index contributed by atoms with van der Waals surface area (Å²) < 4.78 is 2.95. The predicted molar refractivity (Wildman–Crippen MR) is 105 cm³/mol. The van der Waals surface area contributed by atoms with Crippen LogP contribution < -0.4 is 0 Å². The lowest BCUT2D eigenvalue weighted by Gasteiger charge is -2.31. The summed E-state index contributed by atoms with van der Waals surface area (Å²) in [6.45, 7) is 1.62. The van der Waals surface area contributed by atoms with Gasteiger partial charge in [-0.15, -0.1) is 11.3 Å². The molecule has 3 aromatic rings. The number of fused-ring (bicyclic) bond motifs is 1.